The van der Waals surface area contributed by atoms with E-state index in [0.717, 1.165) is 32.9 Å². The van der Waals surface area contributed by atoms with Crippen LogP contribution in [0.3, 0.4) is 0 Å². The van der Waals surface area contributed by atoms with E-state index in [1.54, 1.807) is 11.3 Å². The van der Waals surface area contributed by atoms with Crippen LogP contribution in [0, 0.1) is 0 Å². The fourth-order valence-electron chi connectivity index (χ4n) is 3.92. The summed E-state index contributed by atoms with van der Waals surface area (Å²) in [6.45, 7) is 0. The van der Waals surface area contributed by atoms with Crippen molar-refractivity contribution in [2.24, 2.45) is 0 Å². The lowest BCUT2D eigenvalue weighted by molar-refractivity contribution is 1.24. The van der Waals surface area contributed by atoms with Crippen molar-refractivity contribution in [2.75, 3.05) is 0 Å². The maximum absolute atomic E-state index is 5.09. The first kappa shape index (κ1) is 16.4. The highest BCUT2D eigenvalue weighted by molar-refractivity contribution is 7.26. The Balaban J connectivity index is 1.77. The van der Waals surface area contributed by atoms with Crippen molar-refractivity contribution in [2.45, 2.75) is 0 Å². The van der Waals surface area contributed by atoms with Crippen LogP contribution in [-0.4, -0.2) is 9.97 Å². The summed E-state index contributed by atoms with van der Waals surface area (Å²) in [5.74, 6) is 0.768. The standard InChI is InChI=1S/C26H16N2S/c1-2-10-18(11-3-1)26-27-23(20-15-8-12-17-9-4-5-13-19(17)20)25-24(28-26)21-14-6-7-16-22(21)29-25/h1-16H. The molecule has 0 aliphatic heterocycles. The van der Waals surface area contributed by atoms with Crippen molar-refractivity contribution in [3.8, 4) is 22.6 Å². The van der Waals surface area contributed by atoms with Crippen molar-refractivity contribution < 1.29 is 0 Å². The third-order valence-corrected chi connectivity index (χ3v) is 6.46. The topological polar surface area (TPSA) is 25.8 Å². The number of fused-ring (bicyclic) bond motifs is 4. The molecule has 6 aromatic rings. The van der Waals surface area contributed by atoms with E-state index in [0.29, 0.717) is 0 Å². The number of hydrogen-bond acceptors (Lipinski definition) is 3. The quantitative estimate of drug-likeness (QED) is 0.310. The van der Waals surface area contributed by atoms with E-state index >= 15 is 0 Å². The van der Waals surface area contributed by atoms with Crippen LogP contribution in [0.25, 0.3) is 53.7 Å². The minimum absolute atomic E-state index is 0.768. The fraction of sp³-hybridized carbons (Fsp3) is 0. The number of hydrogen-bond donors (Lipinski definition) is 0. The molecule has 6 rings (SSSR count). The lowest BCUT2D eigenvalue weighted by Crippen LogP contribution is -1.94. The van der Waals surface area contributed by atoms with Crippen LogP contribution in [0.5, 0.6) is 0 Å². The van der Waals surface area contributed by atoms with Crippen LogP contribution < -0.4 is 0 Å². The first-order valence-electron chi connectivity index (χ1n) is 9.61. The molecule has 3 heteroatoms. The summed E-state index contributed by atoms with van der Waals surface area (Å²) in [7, 11) is 0. The van der Waals surface area contributed by atoms with E-state index in [-0.39, 0.29) is 0 Å². The van der Waals surface area contributed by atoms with Crippen LogP contribution in [0.15, 0.2) is 97.1 Å². The highest BCUT2D eigenvalue weighted by atomic mass is 32.1. The summed E-state index contributed by atoms with van der Waals surface area (Å²) in [4.78, 5) is 10.1. The summed E-state index contributed by atoms with van der Waals surface area (Å²) in [6.07, 6.45) is 0. The first-order chi connectivity index (χ1) is 14.4. The molecule has 0 bridgehead atoms. The predicted molar refractivity (Wildman–Crippen MR) is 123 cm³/mol. The Hall–Kier alpha value is -3.56. The average Bonchev–Trinajstić information content (AvgIpc) is 3.17. The second-order valence-corrected chi connectivity index (χ2v) is 8.12. The maximum Gasteiger partial charge on any atom is 0.160 e. The first-order valence-corrected chi connectivity index (χ1v) is 10.4. The third kappa shape index (κ3) is 2.63. The number of aromatic nitrogens is 2. The molecule has 0 unspecified atom stereocenters. The molecule has 0 saturated heterocycles. The molecule has 0 atom stereocenters. The smallest absolute Gasteiger partial charge is 0.160 e. The van der Waals surface area contributed by atoms with Gasteiger partial charge in [0.1, 0.15) is 0 Å². The monoisotopic (exact) mass is 388 g/mol. The molecular weight excluding hydrogens is 372 g/mol. The van der Waals surface area contributed by atoms with Gasteiger partial charge in [0.15, 0.2) is 5.82 Å². The van der Waals surface area contributed by atoms with Gasteiger partial charge in [-0.15, -0.1) is 11.3 Å². The number of thiophene rings is 1. The van der Waals surface area contributed by atoms with Crippen molar-refractivity contribution in [3.05, 3.63) is 97.1 Å². The van der Waals surface area contributed by atoms with Gasteiger partial charge in [-0.25, -0.2) is 9.97 Å². The normalized spacial score (nSPS) is 11.4. The van der Waals surface area contributed by atoms with Gasteiger partial charge in [0, 0.05) is 21.2 Å². The Morgan fingerprint density at radius 3 is 2.21 bits per heavy atom. The van der Waals surface area contributed by atoms with Gasteiger partial charge in [-0.1, -0.05) is 91.0 Å². The van der Waals surface area contributed by atoms with E-state index in [1.807, 2.05) is 18.2 Å². The SMILES string of the molecule is c1ccc(-c2nc(-c3cccc4ccccc34)c3sc4ccccc4c3n2)cc1. The summed E-state index contributed by atoms with van der Waals surface area (Å²) in [6, 6.07) is 33.6. The Morgan fingerprint density at radius 2 is 1.31 bits per heavy atom. The van der Waals surface area contributed by atoms with E-state index in [9.17, 15) is 0 Å². The Morgan fingerprint density at radius 1 is 0.586 bits per heavy atom. The lowest BCUT2D eigenvalue weighted by atomic mass is 10.0. The molecule has 0 spiro atoms. The van der Waals surface area contributed by atoms with Gasteiger partial charge in [0.2, 0.25) is 0 Å². The predicted octanol–water partition coefficient (Wildman–Crippen LogP) is 7.33. The van der Waals surface area contributed by atoms with Crippen LogP contribution in [-0.2, 0) is 0 Å². The average molecular weight is 388 g/mol. The van der Waals surface area contributed by atoms with Gasteiger partial charge in [0.25, 0.3) is 0 Å². The van der Waals surface area contributed by atoms with Crippen LogP contribution in [0.1, 0.15) is 0 Å². The summed E-state index contributed by atoms with van der Waals surface area (Å²) in [5, 5.41) is 3.62. The maximum atomic E-state index is 5.09. The van der Waals surface area contributed by atoms with Gasteiger partial charge in [-0.05, 0) is 16.8 Å². The second-order valence-electron chi connectivity index (χ2n) is 7.06. The minimum Gasteiger partial charge on any atom is -0.226 e. The second kappa shape index (κ2) is 6.50. The molecule has 136 valence electrons. The zero-order valence-electron chi connectivity index (χ0n) is 15.5. The third-order valence-electron chi connectivity index (χ3n) is 5.30. The van der Waals surface area contributed by atoms with E-state index in [2.05, 4.69) is 78.9 Å². The van der Waals surface area contributed by atoms with Crippen molar-refractivity contribution in [3.63, 3.8) is 0 Å². The largest absolute Gasteiger partial charge is 0.226 e. The molecule has 0 N–H and O–H groups in total. The molecule has 2 nitrogen and oxygen atoms in total. The van der Waals surface area contributed by atoms with Gasteiger partial charge in [0.05, 0.1) is 15.9 Å². The van der Waals surface area contributed by atoms with Crippen LogP contribution in [0.4, 0.5) is 0 Å². The van der Waals surface area contributed by atoms with Gasteiger partial charge < -0.3 is 0 Å². The molecule has 0 amide bonds. The molecule has 0 saturated carbocycles. The van der Waals surface area contributed by atoms with Crippen molar-refractivity contribution in [1.29, 1.82) is 0 Å². The zero-order valence-corrected chi connectivity index (χ0v) is 16.4. The molecular formula is C26H16N2S. The summed E-state index contributed by atoms with van der Waals surface area (Å²) >= 11 is 1.77. The lowest BCUT2D eigenvalue weighted by Gasteiger charge is -2.09. The highest BCUT2D eigenvalue weighted by Gasteiger charge is 2.17. The molecule has 2 heterocycles. The van der Waals surface area contributed by atoms with Crippen molar-refractivity contribution >= 4 is 42.4 Å². The number of rotatable bonds is 2. The summed E-state index contributed by atoms with van der Waals surface area (Å²) in [5.41, 5.74) is 4.22. The van der Waals surface area contributed by atoms with Crippen molar-refractivity contribution in [1.82, 2.24) is 9.97 Å². The minimum atomic E-state index is 0.768. The number of nitrogens with zero attached hydrogens (tertiary/aromatic N) is 2. The van der Waals surface area contributed by atoms with Gasteiger partial charge >= 0.3 is 0 Å². The van der Waals surface area contributed by atoms with Gasteiger partial charge in [-0.2, -0.15) is 0 Å². The molecule has 2 aromatic heterocycles. The molecule has 4 aromatic carbocycles. The molecule has 0 aliphatic rings. The number of benzene rings is 4. The van der Waals surface area contributed by atoms with Crippen LogP contribution in [0.2, 0.25) is 0 Å². The Kier molecular flexibility index (Phi) is 3.68. The van der Waals surface area contributed by atoms with E-state index < -0.39 is 0 Å². The molecule has 29 heavy (non-hydrogen) atoms. The molecule has 0 radical (unpaired) electrons. The molecule has 0 aliphatic carbocycles. The van der Waals surface area contributed by atoms with Crippen LogP contribution >= 0.6 is 11.3 Å². The summed E-state index contributed by atoms with van der Waals surface area (Å²) < 4.78 is 2.38. The van der Waals surface area contributed by atoms with Gasteiger partial charge in [-0.3, -0.25) is 0 Å². The highest BCUT2D eigenvalue weighted by Crippen LogP contribution is 2.40. The zero-order chi connectivity index (χ0) is 19.2. The Bertz CT molecular complexity index is 1490. The molecule has 0 fully saturated rings. The Labute approximate surface area is 172 Å². The van der Waals surface area contributed by atoms with E-state index in [4.69, 9.17) is 9.97 Å². The fourth-order valence-corrected chi connectivity index (χ4v) is 5.07. The van der Waals surface area contributed by atoms with E-state index in [1.165, 1.54) is 20.9 Å².